The molecule has 1 unspecified atom stereocenters. The van der Waals surface area contributed by atoms with Gasteiger partial charge >= 0.3 is 11.8 Å². The molecule has 160 valence electrons. The molecule has 1 aliphatic heterocycles. The largest absolute Gasteiger partial charge is 0.377 e. The summed E-state index contributed by atoms with van der Waals surface area (Å²) in [6.45, 7) is 9.46. The second-order valence-corrected chi connectivity index (χ2v) is 7.75. The Morgan fingerprint density at radius 1 is 1.41 bits per heavy atom. The lowest BCUT2D eigenvalue weighted by Crippen LogP contribution is -2.49. The first-order valence-corrected chi connectivity index (χ1v) is 10.6. The van der Waals surface area contributed by atoms with Crippen LogP contribution in [-0.4, -0.2) is 75.1 Å². The average Bonchev–Trinajstić information content (AvgIpc) is 3.37. The molecule has 0 aromatic carbocycles. The van der Waals surface area contributed by atoms with Gasteiger partial charge in [0.25, 0.3) is 0 Å². The predicted molar refractivity (Wildman–Crippen MR) is 104 cm³/mol. The number of hydrogen-bond donors (Lipinski definition) is 0. The number of amides is 1. The van der Waals surface area contributed by atoms with E-state index in [2.05, 4.69) is 34.0 Å². The summed E-state index contributed by atoms with van der Waals surface area (Å²) in [5, 5.41) is 9.24. The third kappa shape index (κ3) is 4.78. The predicted octanol–water partition coefficient (Wildman–Crippen LogP) is 2.08. The van der Waals surface area contributed by atoms with Crippen molar-refractivity contribution in [2.75, 3.05) is 39.4 Å². The maximum Gasteiger partial charge on any atom is 0.375 e. The average molecular weight is 429 g/mol. The van der Waals surface area contributed by atoms with Gasteiger partial charge in [-0.1, -0.05) is 19.1 Å². The lowest BCUT2D eigenvalue weighted by Gasteiger charge is -2.35. The molecule has 1 amide bonds. The normalized spacial score (nSPS) is 17.9. The van der Waals surface area contributed by atoms with E-state index >= 15 is 0 Å². The number of morpholine rings is 1. The number of carbonyl (C=O) groups excluding carboxylic acids is 1. The number of nitrogens with zero attached hydrogens (tertiary/aromatic N) is 6. The zero-order chi connectivity index (χ0) is 21.0. The van der Waals surface area contributed by atoms with Crippen LogP contribution in [0, 0.1) is 6.92 Å². The van der Waals surface area contributed by atoms with Crippen molar-refractivity contribution in [3.63, 3.8) is 0 Å². The Kier molecular flexibility index (Phi) is 6.91. The minimum absolute atomic E-state index is 0.0652. The summed E-state index contributed by atoms with van der Waals surface area (Å²) in [5.74, 6) is -4.97. The first kappa shape index (κ1) is 21.7. The molecule has 0 spiro atoms. The number of halogens is 2. The first-order valence-electron chi connectivity index (χ1n) is 9.68. The van der Waals surface area contributed by atoms with Gasteiger partial charge in [0.1, 0.15) is 11.7 Å². The van der Waals surface area contributed by atoms with Crippen LogP contribution in [-0.2, 0) is 22.0 Å². The van der Waals surface area contributed by atoms with Crippen LogP contribution in [0.1, 0.15) is 36.3 Å². The molecule has 3 heterocycles. The van der Waals surface area contributed by atoms with E-state index in [-0.39, 0.29) is 19.8 Å². The molecule has 1 fully saturated rings. The molecule has 0 radical (unpaired) electrons. The highest BCUT2D eigenvalue weighted by molar-refractivity contribution is 7.09. The summed E-state index contributed by atoms with van der Waals surface area (Å²) in [6, 6.07) is -0.703. The van der Waals surface area contributed by atoms with Gasteiger partial charge in [-0.2, -0.15) is 8.78 Å². The summed E-state index contributed by atoms with van der Waals surface area (Å²) in [7, 11) is 0. The summed E-state index contributed by atoms with van der Waals surface area (Å²) in [5.41, 5.74) is 0.913. The number of rotatable bonds is 8. The zero-order valence-electron chi connectivity index (χ0n) is 16.8. The lowest BCUT2D eigenvalue weighted by molar-refractivity contribution is -0.168. The standard InChI is InChI=1S/C18H26F2N6O2S/c1-4-24(5-2)6-7-25-10-14(22-23-25)15-11-28-9-8-26(15)17(27)18(19,20)16-21-13(3)12-29-16/h10,12,15H,4-9,11H2,1-3H3. The Hall–Kier alpha value is -1.98. The molecule has 29 heavy (non-hydrogen) atoms. The molecule has 1 aliphatic rings. The minimum atomic E-state index is -3.69. The van der Waals surface area contributed by atoms with E-state index in [0.717, 1.165) is 35.9 Å². The van der Waals surface area contributed by atoms with E-state index in [4.69, 9.17) is 4.74 Å². The highest BCUT2D eigenvalue weighted by atomic mass is 32.1. The topological polar surface area (TPSA) is 76.4 Å². The molecule has 11 heteroatoms. The van der Waals surface area contributed by atoms with Crippen molar-refractivity contribution in [2.24, 2.45) is 0 Å². The van der Waals surface area contributed by atoms with E-state index < -0.39 is 22.9 Å². The maximum absolute atomic E-state index is 14.8. The molecule has 8 nitrogen and oxygen atoms in total. The molecule has 0 N–H and O–H groups in total. The quantitative estimate of drug-likeness (QED) is 0.641. The van der Waals surface area contributed by atoms with E-state index in [1.165, 1.54) is 5.38 Å². The van der Waals surface area contributed by atoms with Gasteiger partial charge in [-0.3, -0.25) is 9.48 Å². The number of alkyl halides is 2. The summed E-state index contributed by atoms with van der Waals surface area (Å²) in [4.78, 5) is 19.9. The van der Waals surface area contributed by atoms with Crippen molar-refractivity contribution in [2.45, 2.75) is 39.3 Å². The third-order valence-electron chi connectivity index (χ3n) is 4.98. The molecule has 2 aromatic heterocycles. The third-order valence-corrected chi connectivity index (χ3v) is 6.01. The second kappa shape index (κ2) is 9.23. The molecule has 0 aliphatic carbocycles. The highest BCUT2D eigenvalue weighted by Crippen LogP contribution is 2.35. The number of likely N-dealkylation sites (N-methyl/N-ethyl adjacent to an activating group) is 1. The Balaban J connectivity index is 1.75. The molecule has 0 saturated carbocycles. The SMILES string of the molecule is CCN(CC)CCn1cc(C2COCCN2C(=O)C(F)(F)c2nc(C)cs2)nn1. The molecule has 3 rings (SSSR count). The fraction of sp³-hybridized carbons (Fsp3) is 0.667. The molecule has 0 bridgehead atoms. The van der Waals surface area contributed by atoms with Crippen molar-refractivity contribution in [3.8, 4) is 0 Å². The minimum Gasteiger partial charge on any atom is -0.377 e. The number of aryl methyl sites for hydroxylation is 1. The Labute approximate surface area is 172 Å². The number of aromatic nitrogens is 4. The van der Waals surface area contributed by atoms with Crippen molar-refractivity contribution in [1.82, 2.24) is 29.8 Å². The fourth-order valence-corrected chi connectivity index (χ4v) is 3.99. The number of carbonyl (C=O) groups is 1. The number of hydrogen-bond acceptors (Lipinski definition) is 7. The van der Waals surface area contributed by atoms with E-state index in [1.807, 2.05) is 0 Å². The molecule has 1 atom stereocenters. The van der Waals surface area contributed by atoms with Crippen LogP contribution in [0.25, 0.3) is 0 Å². The van der Waals surface area contributed by atoms with Crippen LogP contribution < -0.4 is 0 Å². The highest BCUT2D eigenvalue weighted by Gasteiger charge is 2.49. The van der Waals surface area contributed by atoms with Gasteiger partial charge in [0.15, 0.2) is 5.01 Å². The Morgan fingerprint density at radius 3 is 2.83 bits per heavy atom. The summed E-state index contributed by atoms with van der Waals surface area (Å²) in [6.07, 6.45) is 1.70. The molecular formula is C18H26F2N6O2S. The fourth-order valence-electron chi connectivity index (χ4n) is 3.22. The van der Waals surface area contributed by atoms with E-state index in [0.29, 0.717) is 17.9 Å². The smallest absolute Gasteiger partial charge is 0.375 e. The van der Waals surface area contributed by atoms with Crippen molar-refractivity contribution < 1.29 is 18.3 Å². The van der Waals surface area contributed by atoms with Crippen molar-refractivity contribution in [3.05, 3.63) is 28.0 Å². The van der Waals surface area contributed by atoms with Gasteiger partial charge in [-0.15, -0.1) is 16.4 Å². The van der Waals surface area contributed by atoms with Gasteiger partial charge in [-0.05, 0) is 20.0 Å². The van der Waals surface area contributed by atoms with E-state index in [1.54, 1.807) is 17.8 Å². The lowest BCUT2D eigenvalue weighted by atomic mass is 10.1. The zero-order valence-corrected chi connectivity index (χ0v) is 17.7. The van der Waals surface area contributed by atoms with Crippen LogP contribution in [0.5, 0.6) is 0 Å². The van der Waals surface area contributed by atoms with Crippen LogP contribution in [0.2, 0.25) is 0 Å². The molecule has 1 saturated heterocycles. The van der Waals surface area contributed by atoms with Gasteiger partial charge < -0.3 is 14.5 Å². The van der Waals surface area contributed by atoms with Crippen molar-refractivity contribution >= 4 is 17.2 Å². The van der Waals surface area contributed by atoms with Crippen LogP contribution in [0.3, 0.4) is 0 Å². The number of thiazole rings is 1. The Bertz CT molecular complexity index is 823. The second-order valence-electron chi connectivity index (χ2n) is 6.89. The first-order chi connectivity index (χ1) is 13.9. The monoisotopic (exact) mass is 428 g/mol. The molecule has 2 aromatic rings. The van der Waals surface area contributed by atoms with Crippen LogP contribution >= 0.6 is 11.3 Å². The summed E-state index contributed by atoms with van der Waals surface area (Å²) < 4.78 is 36.7. The van der Waals surface area contributed by atoms with Gasteiger partial charge in [0.2, 0.25) is 0 Å². The molecular weight excluding hydrogens is 402 g/mol. The number of ether oxygens (including phenoxy) is 1. The Morgan fingerprint density at radius 2 is 2.17 bits per heavy atom. The van der Waals surface area contributed by atoms with Crippen LogP contribution in [0.4, 0.5) is 8.78 Å². The van der Waals surface area contributed by atoms with Crippen LogP contribution in [0.15, 0.2) is 11.6 Å². The van der Waals surface area contributed by atoms with Gasteiger partial charge in [0.05, 0.1) is 26.0 Å². The van der Waals surface area contributed by atoms with Crippen molar-refractivity contribution in [1.29, 1.82) is 0 Å². The summed E-state index contributed by atoms with van der Waals surface area (Å²) >= 11 is 0.787. The van der Waals surface area contributed by atoms with E-state index in [9.17, 15) is 13.6 Å². The maximum atomic E-state index is 14.8. The van der Waals surface area contributed by atoms with Gasteiger partial charge in [0, 0.05) is 24.2 Å². The van der Waals surface area contributed by atoms with Gasteiger partial charge in [-0.25, -0.2) is 4.98 Å².